The summed E-state index contributed by atoms with van der Waals surface area (Å²) in [4.78, 5) is 1.09. The SMILES string of the molecule is Cc1cccc(C(N)CSc2ccccc2Cl)c1C. The zero-order valence-electron chi connectivity index (χ0n) is 11.2. The summed E-state index contributed by atoms with van der Waals surface area (Å²) in [6.45, 7) is 4.25. The van der Waals surface area contributed by atoms with Crippen molar-refractivity contribution >= 4 is 23.4 Å². The van der Waals surface area contributed by atoms with Crippen LogP contribution in [0.2, 0.25) is 5.02 Å². The molecule has 3 heteroatoms. The van der Waals surface area contributed by atoms with E-state index in [4.69, 9.17) is 17.3 Å². The molecule has 2 aromatic rings. The largest absolute Gasteiger partial charge is 0.323 e. The van der Waals surface area contributed by atoms with Crippen molar-refractivity contribution in [1.29, 1.82) is 0 Å². The minimum atomic E-state index is 0.0289. The maximum atomic E-state index is 6.30. The molecular weight excluding hydrogens is 274 g/mol. The summed E-state index contributed by atoms with van der Waals surface area (Å²) in [7, 11) is 0. The van der Waals surface area contributed by atoms with Gasteiger partial charge in [-0.05, 0) is 42.7 Å². The van der Waals surface area contributed by atoms with Gasteiger partial charge in [0, 0.05) is 16.7 Å². The van der Waals surface area contributed by atoms with Crippen molar-refractivity contribution in [3.8, 4) is 0 Å². The minimum Gasteiger partial charge on any atom is -0.323 e. The maximum Gasteiger partial charge on any atom is 0.0541 e. The molecule has 1 unspecified atom stereocenters. The highest BCUT2D eigenvalue weighted by Gasteiger charge is 2.11. The van der Waals surface area contributed by atoms with Gasteiger partial charge in [0.25, 0.3) is 0 Å². The zero-order valence-corrected chi connectivity index (χ0v) is 12.8. The van der Waals surface area contributed by atoms with E-state index in [0.717, 1.165) is 15.7 Å². The smallest absolute Gasteiger partial charge is 0.0541 e. The molecule has 1 nitrogen and oxygen atoms in total. The summed E-state index contributed by atoms with van der Waals surface area (Å²) < 4.78 is 0. The summed E-state index contributed by atoms with van der Waals surface area (Å²) in [6, 6.07) is 14.2. The average molecular weight is 292 g/mol. The Morgan fingerprint density at radius 2 is 1.84 bits per heavy atom. The third-order valence-electron chi connectivity index (χ3n) is 3.30. The highest BCUT2D eigenvalue weighted by atomic mass is 35.5. The van der Waals surface area contributed by atoms with Crippen LogP contribution in [0.5, 0.6) is 0 Å². The van der Waals surface area contributed by atoms with Crippen LogP contribution in [-0.2, 0) is 0 Å². The Kier molecular flexibility index (Phi) is 4.92. The van der Waals surface area contributed by atoms with Crippen molar-refractivity contribution < 1.29 is 0 Å². The summed E-state index contributed by atoms with van der Waals surface area (Å²) in [6.07, 6.45) is 0. The van der Waals surface area contributed by atoms with E-state index in [1.54, 1.807) is 11.8 Å². The maximum absolute atomic E-state index is 6.30. The quantitative estimate of drug-likeness (QED) is 0.823. The molecule has 0 heterocycles. The Balaban J connectivity index is 2.08. The van der Waals surface area contributed by atoms with Crippen LogP contribution in [0.4, 0.5) is 0 Å². The van der Waals surface area contributed by atoms with E-state index in [-0.39, 0.29) is 6.04 Å². The molecule has 0 amide bonds. The molecule has 0 radical (unpaired) electrons. The Morgan fingerprint density at radius 3 is 2.58 bits per heavy atom. The van der Waals surface area contributed by atoms with E-state index in [2.05, 4.69) is 32.0 Å². The molecule has 1 atom stereocenters. The molecule has 0 aliphatic rings. The predicted octanol–water partition coefficient (Wildman–Crippen LogP) is 4.75. The second kappa shape index (κ2) is 6.47. The molecule has 2 rings (SSSR count). The number of halogens is 1. The Labute approximate surface area is 124 Å². The lowest BCUT2D eigenvalue weighted by Crippen LogP contribution is -2.14. The van der Waals surface area contributed by atoms with E-state index in [9.17, 15) is 0 Å². The molecule has 0 fully saturated rings. The average Bonchev–Trinajstić information content (AvgIpc) is 2.40. The normalized spacial score (nSPS) is 12.4. The van der Waals surface area contributed by atoms with Gasteiger partial charge in [0.05, 0.1) is 5.02 Å². The second-order valence-corrected chi connectivity index (χ2v) is 6.11. The highest BCUT2D eigenvalue weighted by molar-refractivity contribution is 7.99. The first-order valence-electron chi connectivity index (χ1n) is 6.28. The molecular formula is C16H18ClNS. The first kappa shape index (κ1) is 14.4. The van der Waals surface area contributed by atoms with Gasteiger partial charge < -0.3 is 5.73 Å². The molecule has 0 saturated heterocycles. The highest BCUT2D eigenvalue weighted by Crippen LogP contribution is 2.30. The molecule has 0 aliphatic heterocycles. The van der Waals surface area contributed by atoms with Crippen LogP contribution in [0.15, 0.2) is 47.4 Å². The van der Waals surface area contributed by atoms with Crippen molar-refractivity contribution in [2.75, 3.05) is 5.75 Å². The lowest BCUT2D eigenvalue weighted by molar-refractivity contribution is 0.820. The number of thioether (sulfide) groups is 1. The topological polar surface area (TPSA) is 26.0 Å². The molecule has 0 aromatic heterocycles. The third kappa shape index (κ3) is 3.53. The second-order valence-electron chi connectivity index (χ2n) is 4.64. The molecule has 2 N–H and O–H groups in total. The summed E-state index contributed by atoms with van der Waals surface area (Å²) in [5.74, 6) is 0.827. The van der Waals surface area contributed by atoms with Crippen LogP contribution >= 0.6 is 23.4 Å². The number of hydrogen-bond donors (Lipinski definition) is 1. The molecule has 2 aromatic carbocycles. The molecule has 100 valence electrons. The van der Waals surface area contributed by atoms with Crippen molar-refractivity contribution in [2.24, 2.45) is 5.73 Å². The summed E-state index contributed by atoms with van der Waals surface area (Å²) >= 11 is 7.86. The van der Waals surface area contributed by atoms with Crippen LogP contribution in [0, 0.1) is 13.8 Å². The van der Waals surface area contributed by atoms with Crippen molar-refractivity contribution in [3.05, 3.63) is 64.2 Å². The minimum absolute atomic E-state index is 0.0289. The van der Waals surface area contributed by atoms with E-state index in [0.29, 0.717) is 0 Å². The lowest BCUT2D eigenvalue weighted by Gasteiger charge is -2.16. The summed E-state index contributed by atoms with van der Waals surface area (Å²) in [5.41, 5.74) is 10.1. The number of nitrogens with two attached hydrogens (primary N) is 1. The molecule has 19 heavy (non-hydrogen) atoms. The first-order chi connectivity index (χ1) is 9.09. The third-order valence-corrected chi connectivity index (χ3v) is 4.94. The molecule has 0 spiro atoms. The zero-order chi connectivity index (χ0) is 13.8. The van der Waals surface area contributed by atoms with E-state index in [1.165, 1.54) is 16.7 Å². The van der Waals surface area contributed by atoms with Gasteiger partial charge in [0.1, 0.15) is 0 Å². The number of aryl methyl sites for hydroxylation is 1. The number of rotatable bonds is 4. The van der Waals surface area contributed by atoms with Gasteiger partial charge in [-0.2, -0.15) is 0 Å². The van der Waals surface area contributed by atoms with Gasteiger partial charge in [0.2, 0.25) is 0 Å². The van der Waals surface area contributed by atoms with E-state index < -0.39 is 0 Å². The summed E-state index contributed by atoms with van der Waals surface area (Å²) in [5, 5.41) is 0.792. The predicted molar refractivity (Wildman–Crippen MR) is 85.0 cm³/mol. The fraction of sp³-hybridized carbons (Fsp3) is 0.250. The van der Waals surface area contributed by atoms with Gasteiger partial charge >= 0.3 is 0 Å². The van der Waals surface area contributed by atoms with E-state index >= 15 is 0 Å². The van der Waals surface area contributed by atoms with Gasteiger partial charge in [-0.3, -0.25) is 0 Å². The molecule has 0 aliphatic carbocycles. The van der Waals surface area contributed by atoms with Crippen LogP contribution in [0.3, 0.4) is 0 Å². The Morgan fingerprint density at radius 1 is 1.11 bits per heavy atom. The van der Waals surface area contributed by atoms with Crippen molar-refractivity contribution in [2.45, 2.75) is 24.8 Å². The van der Waals surface area contributed by atoms with Crippen LogP contribution < -0.4 is 5.73 Å². The number of benzene rings is 2. The van der Waals surface area contributed by atoms with Crippen LogP contribution in [0.1, 0.15) is 22.7 Å². The van der Waals surface area contributed by atoms with E-state index in [1.807, 2.05) is 24.3 Å². The van der Waals surface area contributed by atoms with Crippen molar-refractivity contribution in [3.63, 3.8) is 0 Å². The van der Waals surface area contributed by atoms with Gasteiger partial charge in [-0.1, -0.05) is 41.9 Å². The monoisotopic (exact) mass is 291 g/mol. The number of hydrogen-bond acceptors (Lipinski definition) is 2. The van der Waals surface area contributed by atoms with Crippen molar-refractivity contribution in [1.82, 2.24) is 0 Å². The first-order valence-corrected chi connectivity index (χ1v) is 7.65. The molecule has 0 saturated carbocycles. The van der Waals surface area contributed by atoms with Gasteiger partial charge in [-0.15, -0.1) is 11.8 Å². The van der Waals surface area contributed by atoms with Gasteiger partial charge in [-0.25, -0.2) is 0 Å². The standard InChI is InChI=1S/C16H18ClNS/c1-11-6-5-7-13(12(11)2)15(18)10-19-16-9-4-3-8-14(16)17/h3-9,15H,10,18H2,1-2H3. The van der Waals surface area contributed by atoms with Crippen LogP contribution in [0.25, 0.3) is 0 Å². The fourth-order valence-corrected chi connectivity index (χ4v) is 3.23. The Hall–Kier alpha value is -0.960. The molecule has 0 bridgehead atoms. The lowest BCUT2D eigenvalue weighted by atomic mass is 9.99. The Bertz CT molecular complexity index is 568. The van der Waals surface area contributed by atoms with Crippen LogP contribution in [-0.4, -0.2) is 5.75 Å². The van der Waals surface area contributed by atoms with Gasteiger partial charge in [0.15, 0.2) is 0 Å². The fourth-order valence-electron chi connectivity index (χ4n) is 2.01.